The number of hydrogen-bond donors (Lipinski definition) is 1. The molecule has 2 aromatic carbocycles. The van der Waals surface area contributed by atoms with Gasteiger partial charge in [-0.25, -0.2) is 0 Å². The van der Waals surface area contributed by atoms with Crippen LogP contribution in [0.1, 0.15) is 42.1 Å². The topological polar surface area (TPSA) is 61.5 Å². The summed E-state index contributed by atoms with van der Waals surface area (Å²) in [6.07, 6.45) is 2.25. The molecule has 0 amide bonds. The highest BCUT2D eigenvalue weighted by atomic mass is 16.5. The van der Waals surface area contributed by atoms with Crippen molar-refractivity contribution in [2.75, 3.05) is 18.9 Å². The molecule has 2 aromatic rings. The third-order valence-corrected chi connectivity index (χ3v) is 3.71. The zero-order valence-electron chi connectivity index (χ0n) is 14.4. The number of unbranched alkanes of at least 4 members (excludes halogenated alkanes) is 1. The normalized spacial score (nSPS) is 10.4. The van der Waals surface area contributed by atoms with Crippen LogP contribution in [-0.4, -0.2) is 19.0 Å². The largest absolute Gasteiger partial charge is 0.494 e. The molecule has 0 saturated carbocycles. The molecule has 0 atom stereocenters. The highest BCUT2D eigenvalue weighted by Crippen LogP contribution is 2.23. The van der Waals surface area contributed by atoms with Gasteiger partial charge in [0, 0.05) is 12.0 Å². The van der Waals surface area contributed by atoms with E-state index in [4.69, 9.17) is 15.2 Å². The number of carbonyl (C=O) groups excluding carboxylic acids is 1. The van der Waals surface area contributed by atoms with Crippen molar-refractivity contribution in [2.45, 2.75) is 33.1 Å². The van der Waals surface area contributed by atoms with Gasteiger partial charge in [0.25, 0.3) is 0 Å². The Balaban J connectivity index is 1.70. The van der Waals surface area contributed by atoms with Crippen molar-refractivity contribution in [3.63, 3.8) is 0 Å². The molecule has 2 N–H and O–H groups in total. The molecule has 0 aliphatic carbocycles. The van der Waals surface area contributed by atoms with E-state index in [1.165, 1.54) is 5.56 Å². The lowest BCUT2D eigenvalue weighted by Gasteiger charge is -2.10. The van der Waals surface area contributed by atoms with Gasteiger partial charge in [0.1, 0.15) is 11.5 Å². The second-order valence-corrected chi connectivity index (χ2v) is 5.75. The predicted molar refractivity (Wildman–Crippen MR) is 96.9 cm³/mol. The van der Waals surface area contributed by atoms with Crippen molar-refractivity contribution in [2.24, 2.45) is 0 Å². The highest BCUT2D eigenvalue weighted by molar-refractivity contribution is 5.97. The first-order chi connectivity index (χ1) is 11.6. The van der Waals surface area contributed by atoms with Gasteiger partial charge in [-0.15, -0.1) is 0 Å². The third kappa shape index (κ3) is 5.30. The van der Waals surface area contributed by atoms with E-state index in [1.807, 2.05) is 38.1 Å². The Bertz CT molecular complexity index is 682. The maximum atomic E-state index is 11.6. The van der Waals surface area contributed by atoms with E-state index in [2.05, 4.69) is 0 Å². The van der Waals surface area contributed by atoms with Gasteiger partial charge in [-0.05, 0) is 55.7 Å². The van der Waals surface area contributed by atoms with Gasteiger partial charge >= 0.3 is 0 Å². The van der Waals surface area contributed by atoms with E-state index in [9.17, 15) is 4.79 Å². The van der Waals surface area contributed by atoms with Crippen LogP contribution in [0.3, 0.4) is 0 Å². The van der Waals surface area contributed by atoms with Crippen LogP contribution in [0.5, 0.6) is 11.5 Å². The number of nitrogen functional groups attached to an aromatic ring is 1. The molecular weight excluding hydrogens is 302 g/mol. The van der Waals surface area contributed by atoms with Crippen LogP contribution in [0.2, 0.25) is 0 Å². The number of anilines is 1. The monoisotopic (exact) mass is 327 g/mol. The van der Waals surface area contributed by atoms with E-state index >= 15 is 0 Å². The van der Waals surface area contributed by atoms with Gasteiger partial charge in [0.2, 0.25) is 0 Å². The minimum Gasteiger partial charge on any atom is -0.494 e. The Labute approximate surface area is 143 Å². The molecule has 0 aliphatic heterocycles. The van der Waals surface area contributed by atoms with Crippen molar-refractivity contribution in [3.05, 3.63) is 53.6 Å². The number of hydrogen-bond acceptors (Lipinski definition) is 4. The minimum absolute atomic E-state index is 0.0848. The van der Waals surface area contributed by atoms with Gasteiger partial charge < -0.3 is 15.2 Å². The number of aryl methyl sites for hydroxylation is 1. The second kappa shape index (κ2) is 8.96. The zero-order valence-corrected chi connectivity index (χ0v) is 14.4. The Morgan fingerprint density at radius 1 is 1.04 bits per heavy atom. The van der Waals surface area contributed by atoms with Crippen LogP contribution in [0.4, 0.5) is 5.69 Å². The van der Waals surface area contributed by atoms with Gasteiger partial charge in [0.05, 0.1) is 18.9 Å². The number of rotatable bonds is 9. The quantitative estimate of drug-likeness (QED) is 0.421. The van der Waals surface area contributed by atoms with Gasteiger partial charge in [0.15, 0.2) is 5.78 Å². The van der Waals surface area contributed by atoms with Crippen molar-refractivity contribution in [3.8, 4) is 11.5 Å². The molecule has 0 aliphatic rings. The van der Waals surface area contributed by atoms with Gasteiger partial charge in [-0.3, -0.25) is 4.79 Å². The number of ether oxygens (including phenoxy) is 2. The van der Waals surface area contributed by atoms with Crippen LogP contribution in [0, 0.1) is 6.92 Å². The molecule has 0 saturated heterocycles. The minimum atomic E-state index is 0.0848. The standard InChI is InChI=1S/C20H25NO3/c1-3-19(22)16-9-10-20(18(21)14-16)24-12-5-4-11-23-17-8-6-7-15(2)13-17/h6-10,13-14H,3-5,11-12,21H2,1-2H3. The van der Waals surface area contributed by atoms with Crippen molar-refractivity contribution < 1.29 is 14.3 Å². The smallest absolute Gasteiger partial charge is 0.162 e. The fraction of sp³-hybridized carbons (Fsp3) is 0.350. The Kier molecular flexibility index (Phi) is 6.67. The van der Waals surface area contributed by atoms with Crippen LogP contribution >= 0.6 is 0 Å². The number of Topliss-reactive ketones (excluding diaryl/α,β-unsaturated/α-hetero) is 1. The number of ketones is 1. The van der Waals surface area contributed by atoms with E-state index in [0.717, 1.165) is 18.6 Å². The SMILES string of the molecule is CCC(=O)c1ccc(OCCCCOc2cccc(C)c2)c(N)c1. The van der Waals surface area contributed by atoms with Crippen LogP contribution in [-0.2, 0) is 0 Å². The lowest BCUT2D eigenvalue weighted by Crippen LogP contribution is -2.05. The van der Waals surface area contributed by atoms with Crippen molar-refractivity contribution >= 4 is 11.5 Å². The summed E-state index contributed by atoms with van der Waals surface area (Å²) in [5.41, 5.74) is 8.27. The van der Waals surface area contributed by atoms with E-state index in [-0.39, 0.29) is 5.78 Å². The van der Waals surface area contributed by atoms with Crippen LogP contribution < -0.4 is 15.2 Å². The average molecular weight is 327 g/mol. The molecule has 0 heterocycles. The fourth-order valence-corrected chi connectivity index (χ4v) is 2.34. The summed E-state index contributed by atoms with van der Waals surface area (Å²) in [6.45, 7) is 5.11. The van der Waals surface area contributed by atoms with Gasteiger partial charge in [-0.2, -0.15) is 0 Å². The summed E-state index contributed by atoms with van der Waals surface area (Å²) >= 11 is 0. The van der Waals surface area contributed by atoms with E-state index in [1.54, 1.807) is 18.2 Å². The lowest BCUT2D eigenvalue weighted by molar-refractivity contribution is 0.0988. The summed E-state index contributed by atoms with van der Waals surface area (Å²) in [7, 11) is 0. The predicted octanol–water partition coefficient (Wildman–Crippen LogP) is 4.41. The van der Waals surface area contributed by atoms with Crippen LogP contribution in [0.25, 0.3) is 0 Å². The average Bonchev–Trinajstić information content (AvgIpc) is 2.58. The Morgan fingerprint density at radius 3 is 2.46 bits per heavy atom. The molecule has 4 nitrogen and oxygen atoms in total. The Hall–Kier alpha value is -2.49. The first-order valence-corrected chi connectivity index (χ1v) is 8.35. The molecule has 0 fully saturated rings. The molecule has 0 bridgehead atoms. The lowest BCUT2D eigenvalue weighted by atomic mass is 10.1. The molecule has 0 spiro atoms. The Morgan fingerprint density at radius 2 is 1.79 bits per heavy atom. The molecule has 0 radical (unpaired) electrons. The number of carbonyl (C=O) groups is 1. The molecule has 24 heavy (non-hydrogen) atoms. The summed E-state index contributed by atoms with van der Waals surface area (Å²) in [4.78, 5) is 11.6. The van der Waals surface area contributed by atoms with Crippen molar-refractivity contribution in [1.29, 1.82) is 0 Å². The summed E-state index contributed by atoms with van der Waals surface area (Å²) in [6, 6.07) is 13.2. The molecular formula is C20H25NO3. The maximum absolute atomic E-state index is 11.6. The first kappa shape index (κ1) is 17.9. The summed E-state index contributed by atoms with van der Waals surface area (Å²) < 4.78 is 11.4. The number of benzene rings is 2. The van der Waals surface area contributed by atoms with Crippen molar-refractivity contribution in [1.82, 2.24) is 0 Å². The summed E-state index contributed by atoms with van der Waals surface area (Å²) in [5.74, 6) is 1.61. The highest BCUT2D eigenvalue weighted by Gasteiger charge is 2.07. The molecule has 0 unspecified atom stereocenters. The number of nitrogens with two attached hydrogens (primary N) is 1. The van der Waals surface area contributed by atoms with E-state index < -0.39 is 0 Å². The van der Waals surface area contributed by atoms with Crippen LogP contribution in [0.15, 0.2) is 42.5 Å². The second-order valence-electron chi connectivity index (χ2n) is 5.75. The van der Waals surface area contributed by atoms with Gasteiger partial charge in [-0.1, -0.05) is 19.1 Å². The first-order valence-electron chi connectivity index (χ1n) is 8.35. The fourth-order valence-electron chi connectivity index (χ4n) is 2.34. The molecule has 128 valence electrons. The third-order valence-electron chi connectivity index (χ3n) is 3.71. The summed E-state index contributed by atoms with van der Waals surface area (Å²) in [5, 5.41) is 0. The maximum Gasteiger partial charge on any atom is 0.162 e. The van der Waals surface area contributed by atoms with E-state index in [0.29, 0.717) is 36.6 Å². The molecule has 0 aromatic heterocycles. The zero-order chi connectivity index (χ0) is 17.4. The molecule has 4 heteroatoms. The molecule has 2 rings (SSSR count).